The zero-order valence-corrected chi connectivity index (χ0v) is 5.06. The van der Waals surface area contributed by atoms with Crippen LogP contribution in [-0.2, 0) is 4.79 Å². The maximum Gasteiger partial charge on any atom is 0.360 e. The van der Waals surface area contributed by atoms with Crippen LogP contribution in [0.25, 0.3) is 0 Å². The lowest BCUT2D eigenvalue weighted by molar-refractivity contribution is -0.123. The number of hydrogen-bond acceptors (Lipinski definition) is 1. The van der Waals surface area contributed by atoms with Gasteiger partial charge in [-0.1, -0.05) is 6.92 Å². The van der Waals surface area contributed by atoms with E-state index in [1.165, 1.54) is 0 Å². The van der Waals surface area contributed by atoms with E-state index in [2.05, 4.69) is 0 Å². The molecular formula is C5H11NO+. The second-order valence-electron chi connectivity index (χ2n) is 1.64. The minimum atomic E-state index is 0.181. The molecule has 2 nitrogen and oxygen atoms in total. The third-order valence-electron chi connectivity index (χ3n) is 0.801. The zero-order valence-electron chi connectivity index (χ0n) is 5.06. The van der Waals surface area contributed by atoms with Gasteiger partial charge in [-0.25, -0.2) is 4.79 Å². The third-order valence-corrected chi connectivity index (χ3v) is 0.801. The molecule has 0 heterocycles. The maximum absolute atomic E-state index is 10.4. The third kappa shape index (κ3) is 2.34. The highest BCUT2D eigenvalue weighted by Gasteiger charge is 2.08. The number of rotatable bonds is 1. The molecule has 2 heteroatoms. The van der Waals surface area contributed by atoms with Crippen LogP contribution in [0.15, 0.2) is 0 Å². The molecule has 0 aliphatic rings. The van der Waals surface area contributed by atoms with Crippen LogP contribution < -0.4 is 4.90 Å². The molecule has 0 unspecified atom stereocenters. The lowest BCUT2D eigenvalue weighted by atomic mass is 10.4. The van der Waals surface area contributed by atoms with Crippen molar-refractivity contribution in [3.05, 3.63) is 0 Å². The van der Waals surface area contributed by atoms with Crippen LogP contribution in [0, 0.1) is 0 Å². The van der Waals surface area contributed by atoms with Gasteiger partial charge < -0.3 is 0 Å². The Morgan fingerprint density at radius 1 is 1.57 bits per heavy atom. The molecule has 0 N–H and O–H groups in total. The fourth-order valence-corrected chi connectivity index (χ4v) is 0.316. The predicted octanol–water partition coefficient (Wildman–Crippen LogP) is 0.323. The van der Waals surface area contributed by atoms with Crippen LogP contribution in [0.1, 0.15) is 13.3 Å². The van der Waals surface area contributed by atoms with E-state index in [0.29, 0.717) is 6.42 Å². The Labute approximate surface area is 44.1 Å². The Bertz CT molecular complexity index is 68.5. The molecule has 0 aliphatic carbocycles. The second kappa shape index (κ2) is 2.75. The van der Waals surface area contributed by atoms with E-state index in [1.54, 1.807) is 19.0 Å². The van der Waals surface area contributed by atoms with E-state index in [-0.39, 0.29) is 5.91 Å². The van der Waals surface area contributed by atoms with E-state index in [4.69, 9.17) is 0 Å². The molecule has 41 valence electrons. The summed E-state index contributed by atoms with van der Waals surface area (Å²) in [6.45, 7) is 1.85. The highest BCUT2D eigenvalue weighted by Crippen LogP contribution is 1.78. The minimum Gasteiger partial charge on any atom is -0.225 e. The lowest BCUT2D eigenvalue weighted by Crippen LogP contribution is -2.26. The summed E-state index contributed by atoms with van der Waals surface area (Å²) in [6, 6.07) is 0. The van der Waals surface area contributed by atoms with E-state index in [1.807, 2.05) is 6.92 Å². The molecule has 0 fully saturated rings. The maximum atomic E-state index is 10.4. The largest absolute Gasteiger partial charge is 0.360 e. The molecule has 0 aromatic rings. The Morgan fingerprint density at radius 3 is 2.00 bits per heavy atom. The van der Waals surface area contributed by atoms with Crippen molar-refractivity contribution in [3.8, 4) is 0 Å². The average Bonchev–Trinajstić information content (AvgIpc) is 1.65. The molecule has 0 aromatic heterocycles. The molecule has 0 spiro atoms. The monoisotopic (exact) mass is 101 g/mol. The smallest absolute Gasteiger partial charge is 0.225 e. The Morgan fingerprint density at radius 2 is 2.00 bits per heavy atom. The first-order valence-corrected chi connectivity index (χ1v) is 2.38. The van der Waals surface area contributed by atoms with Crippen molar-refractivity contribution in [2.24, 2.45) is 0 Å². The van der Waals surface area contributed by atoms with Gasteiger partial charge in [0, 0.05) is 0 Å². The summed E-state index contributed by atoms with van der Waals surface area (Å²) in [6.07, 6.45) is 0.604. The number of hydrogen-bond donors (Lipinski definition) is 0. The number of carbonyl (C=O) groups excluding carboxylic acids is 1. The van der Waals surface area contributed by atoms with Crippen molar-refractivity contribution in [2.75, 3.05) is 14.1 Å². The molecule has 7 heavy (non-hydrogen) atoms. The lowest BCUT2D eigenvalue weighted by Gasteiger charge is -1.90. The molecule has 1 radical (unpaired) electrons. The predicted molar refractivity (Wildman–Crippen MR) is 29.3 cm³/mol. The van der Waals surface area contributed by atoms with Gasteiger partial charge in [-0.15, -0.1) is 4.90 Å². The van der Waals surface area contributed by atoms with Crippen molar-refractivity contribution in [3.63, 3.8) is 0 Å². The summed E-state index contributed by atoms with van der Waals surface area (Å²) < 4.78 is 0. The van der Waals surface area contributed by atoms with Crippen molar-refractivity contribution < 1.29 is 4.79 Å². The van der Waals surface area contributed by atoms with Gasteiger partial charge in [-0.3, -0.25) is 0 Å². The highest BCUT2D eigenvalue weighted by atomic mass is 16.2. The van der Waals surface area contributed by atoms with Gasteiger partial charge in [0.15, 0.2) is 0 Å². The van der Waals surface area contributed by atoms with Gasteiger partial charge >= 0.3 is 5.91 Å². The molecule has 0 atom stereocenters. The van der Waals surface area contributed by atoms with E-state index in [9.17, 15) is 4.79 Å². The molecule has 0 aromatic carbocycles. The van der Waals surface area contributed by atoms with E-state index in [0.717, 1.165) is 0 Å². The van der Waals surface area contributed by atoms with Gasteiger partial charge in [0.25, 0.3) is 0 Å². The molecule has 1 amide bonds. The molecule has 0 aliphatic heterocycles. The molecule has 0 saturated carbocycles. The Kier molecular flexibility index (Phi) is 2.60. The van der Waals surface area contributed by atoms with E-state index >= 15 is 0 Å². The molecule has 0 saturated heterocycles. The first-order valence-electron chi connectivity index (χ1n) is 2.38. The van der Waals surface area contributed by atoms with Gasteiger partial charge in [0.2, 0.25) is 0 Å². The van der Waals surface area contributed by atoms with Crippen molar-refractivity contribution in [1.29, 1.82) is 0 Å². The van der Waals surface area contributed by atoms with Gasteiger partial charge in [0.05, 0.1) is 6.42 Å². The number of amides is 1. The van der Waals surface area contributed by atoms with Crippen LogP contribution in [-0.4, -0.2) is 20.0 Å². The fourth-order valence-electron chi connectivity index (χ4n) is 0.316. The SMILES string of the molecule is CCC(=O)[N+](C)C. The van der Waals surface area contributed by atoms with Crippen molar-refractivity contribution >= 4 is 5.91 Å². The molecule has 0 rings (SSSR count). The van der Waals surface area contributed by atoms with Crippen LogP contribution in [0.5, 0.6) is 0 Å². The van der Waals surface area contributed by atoms with Crippen LogP contribution in [0.4, 0.5) is 0 Å². The highest BCUT2D eigenvalue weighted by molar-refractivity contribution is 5.77. The van der Waals surface area contributed by atoms with E-state index < -0.39 is 0 Å². The van der Waals surface area contributed by atoms with Crippen LogP contribution in [0.2, 0.25) is 0 Å². The first kappa shape index (κ1) is 6.63. The summed E-state index contributed by atoms with van der Waals surface area (Å²) >= 11 is 0. The standard InChI is InChI=1S/C5H11NO/c1-4-5(7)6(2)3/h4H2,1-3H3/q+1. The first-order chi connectivity index (χ1) is 3.18. The van der Waals surface area contributed by atoms with Gasteiger partial charge in [-0.05, 0) is 0 Å². The number of nitrogens with zero attached hydrogens (tertiary/aromatic N) is 1. The quantitative estimate of drug-likeness (QED) is 0.436. The fraction of sp³-hybridized carbons (Fsp3) is 0.800. The minimum absolute atomic E-state index is 0.181. The summed E-state index contributed by atoms with van der Waals surface area (Å²) in [4.78, 5) is 12.0. The Hall–Kier alpha value is -0.370. The topological polar surface area (TPSA) is 23.0 Å². The summed E-state index contributed by atoms with van der Waals surface area (Å²) in [5, 5.41) is 0. The number of carbonyl (C=O) groups is 1. The average molecular weight is 101 g/mol. The van der Waals surface area contributed by atoms with Crippen molar-refractivity contribution in [1.82, 2.24) is 4.90 Å². The van der Waals surface area contributed by atoms with Crippen LogP contribution >= 0.6 is 0 Å². The molecular weight excluding hydrogens is 90.1 g/mol. The summed E-state index contributed by atoms with van der Waals surface area (Å²) in [7, 11) is 3.51. The second-order valence-corrected chi connectivity index (χ2v) is 1.64. The molecule has 0 bridgehead atoms. The summed E-state index contributed by atoms with van der Waals surface area (Å²) in [5.41, 5.74) is 0. The van der Waals surface area contributed by atoms with Crippen LogP contribution in [0.3, 0.4) is 0 Å². The van der Waals surface area contributed by atoms with Gasteiger partial charge in [0.1, 0.15) is 14.1 Å². The summed E-state index contributed by atoms with van der Waals surface area (Å²) in [5.74, 6) is 0.181. The van der Waals surface area contributed by atoms with Gasteiger partial charge in [-0.2, -0.15) is 0 Å². The normalized spacial score (nSPS) is 9.71. The Balaban J connectivity index is 3.35. The van der Waals surface area contributed by atoms with Crippen molar-refractivity contribution in [2.45, 2.75) is 13.3 Å². The zero-order chi connectivity index (χ0) is 5.86.